The lowest BCUT2D eigenvalue weighted by molar-refractivity contribution is -0.140. The number of carbonyl (C=O) groups excluding carboxylic acids is 1. The minimum absolute atomic E-state index is 0.199. The third-order valence-electron chi connectivity index (χ3n) is 3.06. The minimum atomic E-state index is -0.199. The van der Waals surface area contributed by atoms with E-state index in [1.165, 1.54) is 7.11 Å². The first-order valence-corrected chi connectivity index (χ1v) is 7.32. The Morgan fingerprint density at radius 3 is 2.71 bits per heavy atom. The van der Waals surface area contributed by atoms with Gasteiger partial charge in [-0.1, -0.05) is 6.07 Å². The van der Waals surface area contributed by atoms with Gasteiger partial charge in [0.05, 0.1) is 13.3 Å². The number of methoxy groups -OCH3 is 1. The van der Waals surface area contributed by atoms with Crippen LogP contribution in [-0.4, -0.2) is 18.1 Å². The molecule has 0 fully saturated rings. The van der Waals surface area contributed by atoms with Crippen molar-refractivity contribution in [2.45, 2.75) is 19.8 Å². The van der Waals surface area contributed by atoms with E-state index in [-0.39, 0.29) is 5.97 Å². The smallest absolute Gasteiger partial charge is 0.305 e. The molecule has 5 heteroatoms. The zero-order valence-corrected chi connectivity index (χ0v) is 13.5. The number of benzene rings is 1. The average molecular weight is 350 g/mol. The SMILES string of the molecule is COC(=O)CCc1ccc(Oc2cncc(Br)c2)cc1C. The third-order valence-corrected chi connectivity index (χ3v) is 3.49. The molecule has 110 valence electrons. The number of hydrogen-bond donors (Lipinski definition) is 0. The molecule has 21 heavy (non-hydrogen) atoms. The molecule has 0 unspecified atom stereocenters. The van der Waals surface area contributed by atoms with Crippen LogP contribution < -0.4 is 4.74 Å². The van der Waals surface area contributed by atoms with Crippen LogP contribution in [-0.2, 0) is 16.0 Å². The number of pyridine rings is 1. The molecule has 4 nitrogen and oxygen atoms in total. The highest BCUT2D eigenvalue weighted by Gasteiger charge is 2.06. The van der Waals surface area contributed by atoms with Crippen molar-refractivity contribution in [1.29, 1.82) is 0 Å². The van der Waals surface area contributed by atoms with E-state index in [0.717, 1.165) is 21.3 Å². The maximum Gasteiger partial charge on any atom is 0.305 e. The molecule has 0 atom stereocenters. The zero-order chi connectivity index (χ0) is 15.2. The van der Waals surface area contributed by atoms with Crippen LogP contribution in [0.4, 0.5) is 0 Å². The van der Waals surface area contributed by atoms with Crippen molar-refractivity contribution in [1.82, 2.24) is 4.98 Å². The maximum absolute atomic E-state index is 11.2. The van der Waals surface area contributed by atoms with Crippen LogP contribution in [0.25, 0.3) is 0 Å². The Balaban J connectivity index is 2.06. The molecule has 0 N–H and O–H groups in total. The number of esters is 1. The molecule has 1 aromatic heterocycles. The molecule has 0 amide bonds. The van der Waals surface area contributed by atoms with E-state index < -0.39 is 0 Å². The summed E-state index contributed by atoms with van der Waals surface area (Å²) in [5, 5.41) is 0. The lowest BCUT2D eigenvalue weighted by atomic mass is 10.0. The molecule has 1 heterocycles. The van der Waals surface area contributed by atoms with Gasteiger partial charge >= 0.3 is 5.97 Å². The Morgan fingerprint density at radius 1 is 1.24 bits per heavy atom. The second kappa shape index (κ2) is 7.22. The first kappa shape index (κ1) is 15.5. The molecule has 0 aliphatic rings. The molecule has 0 saturated heterocycles. The fourth-order valence-electron chi connectivity index (χ4n) is 1.94. The second-order valence-electron chi connectivity index (χ2n) is 4.61. The van der Waals surface area contributed by atoms with Crippen LogP contribution in [0.2, 0.25) is 0 Å². The molecule has 1 aromatic carbocycles. The van der Waals surface area contributed by atoms with Gasteiger partial charge in [-0.25, -0.2) is 0 Å². The predicted molar refractivity (Wildman–Crippen MR) is 83.5 cm³/mol. The van der Waals surface area contributed by atoms with Gasteiger partial charge in [-0.15, -0.1) is 0 Å². The topological polar surface area (TPSA) is 48.4 Å². The molecule has 2 rings (SSSR count). The molecule has 0 aliphatic heterocycles. The van der Waals surface area contributed by atoms with Gasteiger partial charge in [0.2, 0.25) is 0 Å². The van der Waals surface area contributed by atoms with Gasteiger partial charge in [0.25, 0.3) is 0 Å². The summed E-state index contributed by atoms with van der Waals surface area (Å²) in [5.41, 5.74) is 2.19. The zero-order valence-electron chi connectivity index (χ0n) is 11.9. The largest absolute Gasteiger partial charge is 0.469 e. The molecule has 0 aliphatic carbocycles. The lowest BCUT2D eigenvalue weighted by Gasteiger charge is -2.09. The first-order valence-electron chi connectivity index (χ1n) is 6.53. The van der Waals surface area contributed by atoms with E-state index in [2.05, 4.69) is 25.7 Å². The summed E-state index contributed by atoms with van der Waals surface area (Å²) in [5.74, 6) is 1.22. The fraction of sp³-hybridized carbons (Fsp3) is 0.250. The summed E-state index contributed by atoms with van der Waals surface area (Å²) < 4.78 is 11.3. The Morgan fingerprint density at radius 2 is 2.05 bits per heavy atom. The quantitative estimate of drug-likeness (QED) is 0.764. The number of rotatable bonds is 5. The summed E-state index contributed by atoms with van der Waals surface area (Å²) >= 11 is 3.36. The lowest BCUT2D eigenvalue weighted by Crippen LogP contribution is -2.02. The minimum Gasteiger partial charge on any atom is -0.469 e. The van der Waals surface area contributed by atoms with Crippen LogP contribution >= 0.6 is 15.9 Å². The Kier molecular flexibility index (Phi) is 5.33. The summed E-state index contributed by atoms with van der Waals surface area (Å²) in [6, 6.07) is 7.67. The van der Waals surface area contributed by atoms with Crippen LogP contribution in [0.1, 0.15) is 17.5 Å². The molecule has 0 saturated carbocycles. The van der Waals surface area contributed by atoms with Crippen LogP contribution in [0, 0.1) is 6.92 Å². The molecule has 2 aromatic rings. The van der Waals surface area contributed by atoms with Crippen LogP contribution in [0.5, 0.6) is 11.5 Å². The second-order valence-corrected chi connectivity index (χ2v) is 5.52. The number of aromatic nitrogens is 1. The van der Waals surface area contributed by atoms with Gasteiger partial charge < -0.3 is 9.47 Å². The van der Waals surface area contributed by atoms with Crippen molar-refractivity contribution in [3.8, 4) is 11.5 Å². The predicted octanol–water partition coefficient (Wildman–Crippen LogP) is 4.05. The Labute approximate surface area is 132 Å². The highest BCUT2D eigenvalue weighted by atomic mass is 79.9. The number of nitrogens with zero attached hydrogens (tertiary/aromatic N) is 1. The normalized spacial score (nSPS) is 10.2. The Bertz CT molecular complexity index is 643. The van der Waals surface area contributed by atoms with E-state index in [0.29, 0.717) is 18.6 Å². The number of aryl methyl sites for hydroxylation is 2. The van der Waals surface area contributed by atoms with Gasteiger partial charge in [-0.05, 0) is 58.6 Å². The number of halogens is 1. The summed E-state index contributed by atoms with van der Waals surface area (Å²) in [7, 11) is 1.40. The highest BCUT2D eigenvalue weighted by molar-refractivity contribution is 9.10. The van der Waals surface area contributed by atoms with Crippen molar-refractivity contribution in [2.24, 2.45) is 0 Å². The fourth-order valence-corrected chi connectivity index (χ4v) is 2.28. The third kappa shape index (κ3) is 4.56. The van der Waals surface area contributed by atoms with Crippen molar-refractivity contribution in [2.75, 3.05) is 7.11 Å². The van der Waals surface area contributed by atoms with Crippen LogP contribution in [0.3, 0.4) is 0 Å². The standard InChI is InChI=1S/C16H16BrNO3/c1-11-7-14(21-15-8-13(17)9-18-10-15)5-3-12(11)4-6-16(19)20-2/h3,5,7-10H,4,6H2,1-2H3. The Hall–Kier alpha value is -1.88. The number of hydrogen-bond acceptors (Lipinski definition) is 4. The summed E-state index contributed by atoms with van der Waals surface area (Å²) in [6.07, 6.45) is 4.41. The molecular weight excluding hydrogens is 334 g/mol. The van der Waals surface area contributed by atoms with Crippen molar-refractivity contribution >= 4 is 21.9 Å². The monoisotopic (exact) mass is 349 g/mol. The van der Waals surface area contributed by atoms with Gasteiger partial charge in [-0.3, -0.25) is 9.78 Å². The number of ether oxygens (including phenoxy) is 2. The van der Waals surface area contributed by atoms with Gasteiger partial charge in [0, 0.05) is 17.1 Å². The summed E-state index contributed by atoms with van der Waals surface area (Å²) in [4.78, 5) is 15.2. The van der Waals surface area contributed by atoms with Crippen molar-refractivity contribution < 1.29 is 14.3 Å². The maximum atomic E-state index is 11.2. The van der Waals surface area contributed by atoms with E-state index in [1.54, 1.807) is 12.4 Å². The van der Waals surface area contributed by atoms with Crippen LogP contribution in [0.15, 0.2) is 41.1 Å². The van der Waals surface area contributed by atoms with Crippen molar-refractivity contribution in [3.63, 3.8) is 0 Å². The molecular formula is C16H16BrNO3. The van der Waals surface area contributed by atoms with E-state index >= 15 is 0 Å². The van der Waals surface area contributed by atoms with E-state index in [4.69, 9.17) is 4.74 Å². The first-order chi connectivity index (χ1) is 10.1. The van der Waals surface area contributed by atoms with Gasteiger partial charge in [-0.2, -0.15) is 0 Å². The van der Waals surface area contributed by atoms with E-state index in [1.807, 2.05) is 31.2 Å². The molecule has 0 spiro atoms. The highest BCUT2D eigenvalue weighted by Crippen LogP contribution is 2.25. The van der Waals surface area contributed by atoms with E-state index in [9.17, 15) is 4.79 Å². The molecule has 0 radical (unpaired) electrons. The van der Waals surface area contributed by atoms with Gasteiger partial charge in [0.15, 0.2) is 0 Å². The number of carbonyl (C=O) groups is 1. The summed E-state index contributed by atoms with van der Waals surface area (Å²) in [6.45, 7) is 2.00. The average Bonchev–Trinajstić information content (AvgIpc) is 2.46. The van der Waals surface area contributed by atoms with Crippen molar-refractivity contribution in [3.05, 3.63) is 52.3 Å². The van der Waals surface area contributed by atoms with Gasteiger partial charge in [0.1, 0.15) is 11.5 Å². The molecule has 0 bridgehead atoms.